The smallest absolute Gasteiger partial charge is 0.272 e. The first-order valence-corrected chi connectivity index (χ1v) is 6.68. The molecule has 1 saturated carbocycles. The topological polar surface area (TPSA) is 86.3 Å². The Balaban J connectivity index is 2.17. The van der Waals surface area contributed by atoms with Gasteiger partial charge in [-0.15, -0.1) is 0 Å². The molecule has 1 fully saturated rings. The lowest BCUT2D eigenvalue weighted by atomic mass is 9.94. The maximum Gasteiger partial charge on any atom is 0.272 e. The van der Waals surface area contributed by atoms with Crippen molar-refractivity contribution in [1.82, 2.24) is 14.9 Å². The summed E-state index contributed by atoms with van der Waals surface area (Å²) in [5.74, 6) is -0.258. The highest BCUT2D eigenvalue weighted by Gasteiger charge is 2.26. The standard InChI is InChI=1S/C13H19N3O3/c17-7-6-16(10-4-2-1-3-5-10)13(19)11-8-14-9-12(18)15-11/h8-10,17H,1-7H2,(H,15,18). The number of H-pyrrole nitrogens is 1. The predicted molar refractivity (Wildman–Crippen MR) is 69.9 cm³/mol. The molecule has 0 atom stereocenters. The van der Waals surface area contributed by atoms with Crippen molar-refractivity contribution in [2.45, 2.75) is 38.1 Å². The second-order valence-corrected chi connectivity index (χ2v) is 4.82. The van der Waals surface area contributed by atoms with E-state index in [0.29, 0.717) is 6.54 Å². The first kappa shape index (κ1) is 13.7. The van der Waals surface area contributed by atoms with Crippen molar-refractivity contribution < 1.29 is 9.90 Å². The largest absolute Gasteiger partial charge is 0.395 e. The molecule has 0 aliphatic heterocycles. The minimum atomic E-state index is -0.390. The number of aliphatic hydroxyl groups excluding tert-OH is 1. The number of nitrogens with one attached hydrogen (secondary N) is 1. The number of nitrogens with zero attached hydrogens (tertiary/aromatic N) is 2. The quantitative estimate of drug-likeness (QED) is 0.831. The Morgan fingerprint density at radius 2 is 2.11 bits per heavy atom. The molecule has 1 aliphatic rings. The zero-order valence-electron chi connectivity index (χ0n) is 10.8. The van der Waals surface area contributed by atoms with Gasteiger partial charge in [-0.1, -0.05) is 19.3 Å². The van der Waals surface area contributed by atoms with Gasteiger partial charge < -0.3 is 15.0 Å². The fourth-order valence-electron chi connectivity index (χ4n) is 2.59. The number of rotatable bonds is 4. The van der Waals surface area contributed by atoms with Crippen LogP contribution in [0.2, 0.25) is 0 Å². The second kappa shape index (κ2) is 6.47. The maximum absolute atomic E-state index is 12.4. The zero-order chi connectivity index (χ0) is 13.7. The number of carbonyl (C=O) groups excluding carboxylic acids is 1. The van der Waals surface area contributed by atoms with Gasteiger partial charge in [-0.2, -0.15) is 0 Å². The van der Waals surface area contributed by atoms with E-state index in [0.717, 1.165) is 31.9 Å². The molecule has 6 nitrogen and oxygen atoms in total. The minimum absolute atomic E-state index is 0.0767. The summed E-state index contributed by atoms with van der Waals surface area (Å²) in [5, 5.41) is 9.14. The molecule has 0 unspecified atom stereocenters. The van der Waals surface area contributed by atoms with Gasteiger partial charge in [0.25, 0.3) is 11.5 Å². The van der Waals surface area contributed by atoms with E-state index in [-0.39, 0.29) is 24.2 Å². The molecule has 19 heavy (non-hydrogen) atoms. The van der Waals surface area contributed by atoms with Crippen molar-refractivity contribution >= 4 is 5.91 Å². The lowest BCUT2D eigenvalue weighted by molar-refractivity contribution is 0.0578. The van der Waals surface area contributed by atoms with E-state index in [2.05, 4.69) is 9.97 Å². The summed E-state index contributed by atoms with van der Waals surface area (Å²) in [7, 11) is 0. The summed E-state index contributed by atoms with van der Waals surface area (Å²) >= 11 is 0. The minimum Gasteiger partial charge on any atom is -0.395 e. The fraction of sp³-hybridized carbons (Fsp3) is 0.615. The SMILES string of the molecule is O=C(c1cncc(=O)[nH]1)N(CCO)C1CCCCC1. The average molecular weight is 265 g/mol. The molecule has 0 aromatic carbocycles. The molecular weight excluding hydrogens is 246 g/mol. The van der Waals surface area contributed by atoms with Crippen molar-refractivity contribution in [3.8, 4) is 0 Å². The van der Waals surface area contributed by atoms with Gasteiger partial charge in [0.1, 0.15) is 5.69 Å². The van der Waals surface area contributed by atoms with E-state index in [1.807, 2.05) is 0 Å². The van der Waals surface area contributed by atoms with Crippen molar-refractivity contribution in [2.24, 2.45) is 0 Å². The summed E-state index contributed by atoms with van der Waals surface area (Å²) in [6, 6.07) is 0.150. The first-order chi connectivity index (χ1) is 9.22. The number of aromatic nitrogens is 2. The van der Waals surface area contributed by atoms with Crippen LogP contribution in [-0.4, -0.2) is 45.1 Å². The van der Waals surface area contributed by atoms with Crippen LogP contribution in [0.25, 0.3) is 0 Å². The Labute approximate surface area is 111 Å². The van der Waals surface area contributed by atoms with Gasteiger partial charge in [0.05, 0.1) is 19.0 Å². The Morgan fingerprint density at radius 1 is 1.37 bits per heavy atom. The van der Waals surface area contributed by atoms with Crippen LogP contribution >= 0.6 is 0 Å². The third kappa shape index (κ3) is 3.41. The molecule has 1 amide bonds. The normalized spacial score (nSPS) is 16.3. The molecular formula is C13H19N3O3. The lowest BCUT2D eigenvalue weighted by Gasteiger charge is -2.33. The van der Waals surface area contributed by atoms with Crippen LogP contribution in [0.1, 0.15) is 42.6 Å². The Hall–Kier alpha value is -1.69. The number of hydrogen-bond acceptors (Lipinski definition) is 4. The Kier molecular flexibility index (Phi) is 4.68. The van der Waals surface area contributed by atoms with Crippen LogP contribution in [0.15, 0.2) is 17.2 Å². The number of aliphatic hydroxyl groups is 1. The zero-order valence-corrected chi connectivity index (χ0v) is 10.8. The number of aromatic amines is 1. The highest BCUT2D eigenvalue weighted by molar-refractivity contribution is 5.92. The van der Waals surface area contributed by atoms with E-state index in [9.17, 15) is 9.59 Å². The molecule has 1 aromatic heterocycles. The monoisotopic (exact) mass is 265 g/mol. The molecule has 0 spiro atoms. The summed E-state index contributed by atoms with van der Waals surface area (Å²) in [6.07, 6.45) is 7.80. The molecule has 0 bridgehead atoms. The van der Waals surface area contributed by atoms with E-state index in [4.69, 9.17) is 5.11 Å². The summed E-state index contributed by atoms with van der Waals surface area (Å²) < 4.78 is 0. The second-order valence-electron chi connectivity index (χ2n) is 4.82. The third-order valence-corrected chi connectivity index (χ3v) is 3.50. The molecule has 6 heteroatoms. The predicted octanol–water partition coefficient (Wildman–Crippen LogP) is 0.537. The fourth-order valence-corrected chi connectivity index (χ4v) is 2.59. The molecule has 2 rings (SSSR count). The molecule has 0 radical (unpaired) electrons. The van der Waals surface area contributed by atoms with Crippen molar-refractivity contribution in [3.05, 3.63) is 28.4 Å². The summed E-state index contributed by atoms with van der Waals surface area (Å²) in [4.78, 5) is 31.5. The van der Waals surface area contributed by atoms with Gasteiger partial charge in [-0.25, -0.2) is 0 Å². The van der Waals surface area contributed by atoms with Gasteiger partial charge in [-0.3, -0.25) is 14.6 Å². The van der Waals surface area contributed by atoms with Crippen molar-refractivity contribution in [1.29, 1.82) is 0 Å². The van der Waals surface area contributed by atoms with Crippen LogP contribution in [0.4, 0.5) is 0 Å². The average Bonchev–Trinajstić information content (AvgIpc) is 2.45. The lowest BCUT2D eigenvalue weighted by Crippen LogP contribution is -2.43. The molecule has 104 valence electrons. The molecule has 0 saturated heterocycles. The van der Waals surface area contributed by atoms with Gasteiger partial charge in [0.15, 0.2) is 0 Å². The van der Waals surface area contributed by atoms with Gasteiger partial charge in [0.2, 0.25) is 0 Å². The van der Waals surface area contributed by atoms with E-state index in [1.165, 1.54) is 12.6 Å². The molecule has 1 aromatic rings. The maximum atomic E-state index is 12.4. The van der Waals surface area contributed by atoms with E-state index < -0.39 is 5.56 Å². The summed E-state index contributed by atoms with van der Waals surface area (Å²) in [6.45, 7) is 0.215. The van der Waals surface area contributed by atoms with Crippen LogP contribution in [0.5, 0.6) is 0 Å². The van der Waals surface area contributed by atoms with Crippen LogP contribution in [0, 0.1) is 0 Å². The van der Waals surface area contributed by atoms with Crippen LogP contribution in [0.3, 0.4) is 0 Å². The van der Waals surface area contributed by atoms with Crippen LogP contribution < -0.4 is 5.56 Å². The Bertz CT molecular complexity index is 480. The van der Waals surface area contributed by atoms with Crippen LogP contribution in [-0.2, 0) is 0 Å². The van der Waals surface area contributed by atoms with Crippen molar-refractivity contribution in [2.75, 3.05) is 13.2 Å². The molecule has 1 aliphatic carbocycles. The Morgan fingerprint density at radius 3 is 2.74 bits per heavy atom. The van der Waals surface area contributed by atoms with Crippen molar-refractivity contribution in [3.63, 3.8) is 0 Å². The number of hydrogen-bond donors (Lipinski definition) is 2. The number of carbonyl (C=O) groups is 1. The van der Waals surface area contributed by atoms with Gasteiger partial charge in [0, 0.05) is 12.6 Å². The highest BCUT2D eigenvalue weighted by Crippen LogP contribution is 2.23. The highest BCUT2D eigenvalue weighted by atomic mass is 16.3. The van der Waals surface area contributed by atoms with Gasteiger partial charge in [-0.05, 0) is 12.8 Å². The van der Waals surface area contributed by atoms with E-state index in [1.54, 1.807) is 4.90 Å². The molecule has 2 N–H and O–H groups in total. The summed E-state index contributed by atoms with van der Waals surface area (Å²) in [5.41, 5.74) is -0.204. The first-order valence-electron chi connectivity index (χ1n) is 6.68. The number of amides is 1. The van der Waals surface area contributed by atoms with Gasteiger partial charge >= 0.3 is 0 Å². The van der Waals surface area contributed by atoms with E-state index >= 15 is 0 Å². The molecule has 1 heterocycles. The third-order valence-electron chi connectivity index (χ3n) is 3.50.